The molecule has 1 aromatic heterocycles. The number of halogens is 2. The number of alkyl halides is 2. The Morgan fingerprint density at radius 3 is 2.57 bits per heavy atom. The fourth-order valence-electron chi connectivity index (χ4n) is 4.84. The van der Waals surface area contributed by atoms with Gasteiger partial charge in [-0.2, -0.15) is 5.26 Å². The summed E-state index contributed by atoms with van der Waals surface area (Å²) in [5.74, 6) is -3.86. The molecule has 2 atom stereocenters. The van der Waals surface area contributed by atoms with E-state index in [4.69, 9.17) is 4.74 Å². The van der Waals surface area contributed by atoms with Gasteiger partial charge in [0.1, 0.15) is 23.4 Å². The zero-order valence-electron chi connectivity index (χ0n) is 20.1. The summed E-state index contributed by atoms with van der Waals surface area (Å²) in [6.45, 7) is -0.691. The highest BCUT2D eigenvalue weighted by Gasteiger charge is 2.49. The maximum Gasteiger partial charge on any atom is 0.301 e. The number of nitriles is 1. The maximum absolute atomic E-state index is 15.0. The van der Waals surface area contributed by atoms with Gasteiger partial charge in [-0.15, -0.1) is 0 Å². The number of ether oxygens (including phenoxy) is 1. The van der Waals surface area contributed by atoms with Gasteiger partial charge in [0.15, 0.2) is 6.10 Å². The fraction of sp³-hybridized carbons (Fsp3) is 0.444. The van der Waals surface area contributed by atoms with Gasteiger partial charge in [0, 0.05) is 43.8 Å². The van der Waals surface area contributed by atoms with Crippen LogP contribution in [0.25, 0.3) is 11.1 Å². The molecule has 1 N–H and O–H groups in total. The van der Waals surface area contributed by atoms with Crippen molar-refractivity contribution in [3.63, 3.8) is 0 Å². The molecule has 8 nitrogen and oxygen atoms in total. The third-order valence-corrected chi connectivity index (χ3v) is 7.10. The highest BCUT2D eigenvalue weighted by atomic mass is 19.3. The lowest BCUT2D eigenvalue weighted by atomic mass is 9.99. The van der Waals surface area contributed by atoms with E-state index in [2.05, 4.69) is 10.3 Å². The second-order valence-electron chi connectivity index (χ2n) is 9.91. The van der Waals surface area contributed by atoms with Gasteiger partial charge in [-0.3, -0.25) is 14.4 Å². The highest BCUT2D eigenvalue weighted by molar-refractivity contribution is 5.93. The number of piperidine rings is 1. The average molecular weight is 509 g/mol. The molecule has 0 bridgehead atoms. The largest absolute Gasteiger partial charge is 0.483 e. The van der Waals surface area contributed by atoms with Crippen LogP contribution in [0.5, 0.6) is 5.75 Å². The normalized spacial score (nSPS) is 22.8. The number of carbonyl (C=O) groups is 3. The van der Waals surface area contributed by atoms with Crippen LogP contribution < -0.4 is 10.1 Å². The summed E-state index contributed by atoms with van der Waals surface area (Å²) in [7, 11) is 0. The van der Waals surface area contributed by atoms with E-state index in [-0.39, 0.29) is 48.3 Å². The van der Waals surface area contributed by atoms with E-state index in [1.807, 2.05) is 6.07 Å². The number of nitrogens with one attached hydrogen (secondary N) is 1. The van der Waals surface area contributed by atoms with Crippen molar-refractivity contribution < 1.29 is 27.9 Å². The molecule has 3 fully saturated rings. The molecule has 37 heavy (non-hydrogen) atoms. The number of carbonyl (C=O) groups excluding carboxylic acids is 3. The quantitative estimate of drug-likeness (QED) is 0.632. The predicted molar refractivity (Wildman–Crippen MR) is 129 cm³/mol. The zero-order valence-corrected chi connectivity index (χ0v) is 20.1. The fourth-order valence-corrected chi connectivity index (χ4v) is 4.84. The molecule has 2 amide bonds. The summed E-state index contributed by atoms with van der Waals surface area (Å²) in [5.41, 5.74) is 1.44. The Hall–Kier alpha value is -3.87. The summed E-state index contributed by atoms with van der Waals surface area (Å²) in [6, 6.07) is 10.1. The molecule has 5 rings (SSSR count). The maximum atomic E-state index is 15.0. The molecule has 192 valence electrons. The van der Waals surface area contributed by atoms with E-state index in [9.17, 15) is 19.6 Å². The number of rotatable bonds is 6. The Morgan fingerprint density at radius 2 is 1.89 bits per heavy atom. The van der Waals surface area contributed by atoms with Crippen molar-refractivity contribution in [2.45, 2.75) is 50.6 Å². The van der Waals surface area contributed by atoms with E-state index >= 15 is 8.78 Å². The van der Waals surface area contributed by atoms with Gasteiger partial charge in [-0.25, -0.2) is 13.8 Å². The lowest BCUT2D eigenvalue weighted by Gasteiger charge is -2.39. The van der Waals surface area contributed by atoms with Crippen molar-refractivity contribution in [1.82, 2.24) is 9.88 Å². The lowest BCUT2D eigenvalue weighted by molar-refractivity contribution is -0.163. The third kappa shape index (κ3) is 5.45. The Balaban J connectivity index is 1.27. The summed E-state index contributed by atoms with van der Waals surface area (Å²) in [4.78, 5) is 41.4. The van der Waals surface area contributed by atoms with Crippen molar-refractivity contribution in [2.24, 2.45) is 11.8 Å². The minimum Gasteiger partial charge on any atom is -0.483 e. The lowest BCUT2D eigenvalue weighted by Crippen LogP contribution is -2.56. The van der Waals surface area contributed by atoms with Crippen LogP contribution in [0.4, 0.5) is 14.6 Å². The first kappa shape index (κ1) is 24.8. The number of hydrogen-bond donors (Lipinski definition) is 1. The Morgan fingerprint density at radius 1 is 1.11 bits per heavy atom. The van der Waals surface area contributed by atoms with E-state index in [1.54, 1.807) is 30.5 Å². The number of benzene rings is 1. The van der Waals surface area contributed by atoms with Crippen molar-refractivity contribution in [2.75, 3.05) is 18.4 Å². The standard InChI is InChI=1S/C27H26F2N4O4/c28-27(29)15-33(26(36)19-3-5-21(34)12-19)10-8-23(27)37-22-6-4-17(11-20(22)14-30)18-7-9-31-24(13-18)32-25(35)16-1-2-16/h4,6-7,9,11,13,16,19,23H,1-3,5,8,10,12,15H2,(H,31,32,35)/t19-,23+/m1/s1. The smallest absolute Gasteiger partial charge is 0.301 e. The molecule has 1 saturated heterocycles. The SMILES string of the molecule is N#Cc1cc(-c2ccnc(NC(=O)C3CC3)c2)ccc1O[C@H]1CCN(C(=O)[C@@H]2CCC(=O)C2)CC1(F)F. The Bertz CT molecular complexity index is 1290. The van der Waals surface area contributed by atoms with Crippen LogP contribution in [0.2, 0.25) is 0 Å². The number of pyridine rings is 1. The van der Waals surface area contributed by atoms with Crippen LogP contribution in [0.3, 0.4) is 0 Å². The molecule has 2 saturated carbocycles. The molecule has 2 aliphatic carbocycles. The highest BCUT2D eigenvalue weighted by Crippen LogP contribution is 2.36. The first-order chi connectivity index (χ1) is 17.7. The van der Waals surface area contributed by atoms with Crippen LogP contribution in [0.1, 0.15) is 44.1 Å². The number of likely N-dealkylation sites (tertiary alicyclic amines) is 1. The van der Waals surface area contributed by atoms with Gasteiger partial charge in [0.2, 0.25) is 11.8 Å². The number of nitrogens with zero attached hydrogens (tertiary/aromatic N) is 3. The Labute approximate surface area is 212 Å². The molecule has 0 unspecified atom stereocenters. The van der Waals surface area contributed by atoms with Crippen LogP contribution in [0.15, 0.2) is 36.5 Å². The van der Waals surface area contributed by atoms with Crippen LogP contribution in [-0.2, 0) is 14.4 Å². The number of hydrogen-bond acceptors (Lipinski definition) is 6. The average Bonchev–Trinajstić information content (AvgIpc) is 3.65. The van der Waals surface area contributed by atoms with Crippen molar-refractivity contribution >= 4 is 23.4 Å². The topological polar surface area (TPSA) is 112 Å². The Kier molecular flexibility index (Phi) is 6.63. The van der Waals surface area contributed by atoms with Gasteiger partial charge in [-0.1, -0.05) is 6.07 Å². The van der Waals surface area contributed by atoms with Crippen molar-refractivity contribution in [3.05, 3.63) is 42.1 Å². The molecule has 0 spiro atoms. The third-order valence-electron chi connectivity index (χ3n) is 7.10. The number of aromatic nitrogens is 1. The van der Waals surface area contributed by atoms with Gasteiger partial charge >= 0.3 is 5.92 Å². The van der Waals surface area contributed by atoms with Crippen molar-refractivity contribution in [1.29, 1.82) is 5.26 Å². The number of ketones is 1. The molecule has 10 heteroatoms. The summed E-state index contributed by atoms with van der Waals surface area (Å²) in [6.07, 6.45) is 2.53. The molecule has 2 heterocycles. The number of amides is 2. The monoisotopic (exact) mass is 508 g/mol. The summed E-state index contributed by atoms with van der Waals surface area (Å²) in [5, 5.41) is 12.5. The molecular weight excluding hydrogens is 482 g/mol. The molecule has 0 radical (unpaired) electrons. The first-order valence-electron chi connectivity index (χ1n) is 12.4. The van der Waals surface area contributed by atoms with Gasteiger partial charge in [0.25, 0.3) is 0 Å². The summed E-state index contributed by atoms with van der Waals surface area (Å²) >= 11 is 0. The van der Waals surface area contributed by atoms with Gasteiger partial charge in [0.05, 0.1) is 12.1 Å². The summed E-state index contributed by atoms with van der Waals surface area (Å²) < 4.78 is 35.6. The molecular formula is C27H26F2N4O4. The minimum atomic E-state index is -3.32. The van der Waals surface area contributed by atoms with E-state index in [1.165, 1.54) is 6.07 Å². The van der Waals surface area contributed by atoms with Gasteiger partial charge in [-0.05, 0) is 54.7 Å². The number of Topliss-reactive ketones (excluding diaryl/α,β-unsaturated/α-hetero) is 1. The second-order valence-corrected chi connectivity index (χ2v) is 9.91. The van der Waals surface area contributed by atoms with E-state index < -0.39 is 30.4 Å². The molecule has 2 aromatic rings. The molecule has 3 aliphatic rings. The number of anilines is 1. The zero-order chi connectivity index (χ0) is 26.2. The first-order valence-corrected chi connectivity index (χ1v) is 12.4. The van der Waals surface area contributed by atoms with E-state index in [0.717, 1.165) is 17.7 Å². The van der Waals surface area contributed by atoms with Crippen LogP contribution in [0, 0.1) is 23.2 Å². The van der Waals surface area contributed by atoms with Crippen LogP contribution in [-0.4, -0.2) is 52.6 Å². The predicted octanol–water partition coefficient (Wildman–Crippen LogP) is 3.95. The molecule has 1 aromatic carbocycles. The molecule has 1 aliphatic heterocycles. The second kappa shape index (κ2) is 9.88. The van der Waals surface area contributed by atoms with E-state index in [0.29, 0.717) is 29.8 Å². The van der Waals surface area contributed by atoms with Gasteiger partial charge < -0.3 is 15.0 Å². The van der Waals surface area contributed by atoms with Crippen molar-refractivity contribution in [3.8, 4) is 22.9 Å². The van der Waals surface area contributed by atoms with Crippen LogP contribution >= 0.6 is 0 Å². The minimum absolute atomic E-state index is 0.0122.